The first-order valence-electron chi connectivity index (χ1n) is 5.83. The molecule has 0 unspecified atom stereocenters. The molecule has 0 fully saturated rings. The molecule has 0 aromatic carbocycles. The Bertz CT molecular complexity index is 528. The van der Waals surface area contributed by atoms with E-state index in [0.717, 1.165) is 22.4 Å². The van der Waals surface area contributed by atoms with Crippen LogP contribution in [0, 0.1) is 0 Å². The molecule has 2 heterocycles. The third-order valence-electron chi connectivity index (χ3n) is 2.48. The van der Waals surface area contributed by atoms with Gasteiger partial charge in [0, 0.05) is 29.0 Å². The molecule has 0 amide bonds. The Balaban J connectivity index is 2.23. The van der Waals surface area contributed by atoms with Crippen molar-refractivity contribution in [1.82, 2.24) is 19.9 Å². The Morgan fingerprint density at radius 3 is 2.67 bits per heavy atom. The summed E-state index contributed by atoms with van der Waals surface area (Å²) in [4.78, 5) is 8.38. The van der Waals surface area contributed by atoms with Crippen LogP contribution in [-0.4, -0.2) is 20.1 Å². The number of rotatable bonds is 3. The molecule has 0 spiro atoms. The topological polar surface area (TPSA) is 42.7 Å². The number of pyridine rings is 1. The van der Waals surface area contributed by atoms with E-state index in [1.807, 2.05) is 29.4 Å². The molecule has 0 aliphatic carbocycles. The SMILES string of the molecule is CC(C)(C)NCc1cncn1-c1cncc(Br)c1. The van der Waals surface area contributed by atoms with Gasteiger partial charge >= 0.3 is 0 Å². The molecule has 96 valence electrons. The normalized spacial score (nSPS) is 11.8. The van der Waals surface area contributed by atoms with Crippen molar-refractivity contribution in [2.45, 2.75) is 32.9 Å². The molecule has 0 aliphatic rings. The number of hydrogen-bond acceptors (Lipinski definition) is 3. The van der Waals surface area contributed by atoms with Crippen LogP contribution < -0.4 is 5.32 Å². The van der Waals surface area contributed by atoms with E-state index < -0.39 is 0 Å². The number of aromatic nitrogens is 3. The van der Waals surface area contributed by atoms with Gasteiger partial charge < -0.3 is 9.88 Å². The summed E-state index contributed by atoms with van der Waals surface area (Å²) in [5, 5.41) is 3.46. The predicted molar refractivity (Wildman–Crippen MR) is 75.7 cm³/mol. The van der Waals surface area contributed by atoms with Crippen molar-refractivity contribution < 1.29 is 0 Å². The molecule has 0 radical (unpaired) electrons. The number of hydrogen-bond donors (Lipinski definition) is 1. The van der Waals surface area contributed by atoms with E-state index in [1.165, 1.54) is 0 Å². The fraction of sp³-hybridized carbons (Fsp3) is 0.385. The summed E-state index contributed by atoms with van der Waals surface area (Å²) in [6.07, 6.45) is 7.28. The van der Waals surface area contributed by atoms with Crippen molar-refractivity contribution in [1.29, 1.82) is 0 Å². The van der Waals surface area contributed by atoms with E-state index in [4.69, 9.17) is 0 Å². The van der Waals surface area contributed by atoms with E-state index in [0.29, 0.717) is 0 Å². The Kier molecular flexibility index (Phi) is 3.82. The maximum absolute atomic E-state index is 4.21. The highest BCUT2D eigenvalue weighted by Gasteiger charge is 2.11. The quantitative estimate of drug-likeness (QED) is 0.948. The fourth-order valence-electron chi connectivity index (χ4n) is 1.57. The molecule has 5 heteroatoms. The third-order valence-corrected chi connectivity index (χ3v) is 2.92. The Hall–Kier alpha value is -1.20. The average Bonchev–Trinajstić information content (AvgIpc) is 2.73. The zero-order chi connectivity index (χ0) is 13.2. The Morgan fingerprint density at radius 2 is 2.00 bits per heavy atom. The van der Waals surface area contributed by atoms with Crippen molar-refractivity contribution in [2.75, 3.05) is 0 Å². The summed E-state index contributed by atoms with van der Waals surface area (Å²) < 4.78 is 3.00. The van der Waals surface area contributed by atoms with E-state index >= 15 is 0 Å². The van der Waals surface area contributed by atoms with Crippen molar-refractivity contribution in [2.24, 2.45) is 0 Å². The van der Waals surface area contributed by atoms with Crippen LogP contribution in [0.3, 0.4) is 0 Å². The second kappa shape index (κ2) is 5.20. The van der Waals surface area contributed by atoms with Gasteiger partial charge in [-0.1, -0.05) is 0 Å². The van der Waals surface area contributed by atoms with Gasteiger partial charge in [-0.25, -0.2) is 4.98 Å². The molecular formula is C13H17BrN4. The van der Waals surface area contributed by atoms with Crippen LogP contribution in [0.5, 0.6) is 0 Å². The van der Waals surface area contributed by atoms with E-state index in [1.54, 1.807) is 6.20 Å². The second-order valence-electron chi connectivity index (χ2n) is 5.22. The molecule has 2 rings (SSSR count). The van der Waals surface area contributed by atoms with Gasteiger partial charge in [-0.2, -0.15) is 0 Å². The van der Waals surface area contributed by atoms with Crippen LogP contribution in [0.4, 0.5) is 0 Å². The molecule has 4 nitrogen and oxygen atoms in total. The molecule has 2 aromatic rings. The van der Waals surface area contributed by atoms with Crippen LogP contribution in [0.25, 0.3) is 5.69 Å². The van der Waals surface area contributed by atoms with Gasteiger partial charge in [-0.3, -0.25) is 4.98 Å². The van der Waals surface area contributed by atoms with E-state index in [9.17, 15) is 0 Å². The van der Waals surface area contributed by atoms with Crippen LogP contribution >= 0.6 is 15.9 Å². The van der Waals surface area contributed by atoms with Crippen molar-refractivity contribution in [3.63, 3.8) is 0 Å². The minimum Gasteiger partial charge on any atom is -0.306 e. The first-order valence-corrected chi connectivity index (χ1v) is 6.62. The van der Waals surface area contributed by atoms with Crippen LogP contribution in [0.1, 0.15) is 26.5 Å². The largest absolute Gasteiger partial charge is 0.306 e. The summed E-state index contributed by atoms with van der Waals surface area (Å²) in [5.74, 6) is 0. The Labute approximate surface area is 116 Å². The number of nitrogens with zero attached hydrogens (tertiary/aromatic N) is 3. The molecular weight excluding hydrogens is 292 g/mol. The lowest BCUT2D eigenvalue weighted by Crippen LogP contribution is -2.35. The van der Waals surface area contributed by atoms with Crippen molar-refractivity contribution >= 4 is 15.9 Å². The zero-order valence-electron chi connectivity index (χ0n) is 10.8. The minimum atomic E-state index is 0.0879. The lowest BCUT2D eigenvalue weighted by molar-refractivity contribution is 0.419. The highest BCUT2D eigenvalue weighted by Crippen LogP contribution is 2.15. The van der Waals surface area contributed by atoms with E-state index in [2.05, 4.69) is 52.0 Å². The molecule has 0 atom stereocenters. The number of halogens is 1. The maximum Gasteiger partial charge on any atom is 0.0995 e. The summed E-state index contributed by atoms with van der Waals surface area (Å²) in [7, 11) is 0. The second-order valence-corrected chi connectivity index (χ2v) is 6.14. The highest BCUT2D eigenvalue weighted by molar-refractivity contribution is 9.10. The molecule has 0 bridgehead atoms. The van der Waals surface area contributed by atoms with Crippen molar-refractivity contribution in [3.05, 3.63) is 41.2 Å². The number of nitrogens with one attached hydrogen (secondary N) is 1. The van der Waals surface area contributed by atoms with Gasteiger partial charge in [0.25, 0.3) is 0 Å². The predicted octanol–water partition coefficient (Wildman–Crippen LogP) is 2.92. The van der Waals surface area contributed by atoms with Gasteiger partial charge in [0.2, 0.25) is 0 Å². The summed E-state index contributed by atoms with van der Waals surface area (Å²) in [6, 6.07) is 2.02. The molecule has 0 saturated heterocycles. The third kappa shape index (κ3) is 3.40. The monoisotopic (exact) mass is 308 g/mol. The molecule has 0 aliphatic heterocycles. The van der Waals surface area contributed by atoms with Crippen molar-refractivity contribution in [3.8, 4) is 5.69 Å². The van der Waals surface area contributed by atoms with Gasteiger partial charge in [-0.05, 0) is 42.8 Å². The lowest BCUT2D eigenvalue weighted by Gasteiger charge is -2.20. The smallest absolute Gasteiger partial charge is 0.0995 e. The molecule has 2 aromatic heterocycles. The number of imidazole rings is 1. The summed E-state index contributed by atoms with van der Waals surface area (Å²) >= 11 is 3.43. The first-order chi connectivity index (χ1) is 8.46. The zero-order valence-corrected chi connectivity index (χ0v) is 12.4. The van der Waals surface area contributed by atoms with Crippen LogP contribution in [0.2, 0.25) is 0 Å². The van der Waals surface area contributed by atoms with Gasteiger partial charge in [0.05, 0.1) is 23.9 Å². The van der Waals surface area contributed by atoms with Crippen LogP contribution in [-0.2, 0) is 6.54 Å². The average molecular weight is 309 g/mol. The fourth-order valence-corrected chi connectivity index (χ4v) is 1.93. The Morgan fingerprint density at radius 1 is 1.22 bits per heavy atom. The molecule has 18 heavy (non-hydrogen) atoms. The standard InChI is InChI=1S/C13H17BrN4/c1-13(2,3)17-8-12-7-16-9-18(12)11-4-10(14)5-15-6-11/h4-7,9,17H,8H2,1-3H3. The first kappa shape index (κ1) is 13.2. The summed E-state index contributed by atoms with van der Waals surface area (Å²) in [5.41, 5.74) is 2.21. The van der Waals surface area contributed by atoms with Gasteiger partial charge in [-0.15, -0.1) is 0 Å². The minimum absolute atomic E-state index is 0.0879. The van der Waals surface area contributed by atoms with E-state index in [-0.39, 0.29) is 5.54 Å². The lowest BCUT2D eigenvalue weighted by atomic mass is 10.1. The van der Waals surface area contributed by atoms with Gasteiger partial charge in [0.15, 0.2) is 0 Å². The van der Waals surface area contributed by atoms with Gasteiger partial charge in [0.1, 0.15) is 0 Å². The molecule has 1 N–H and O–H groups in total. The maximum atomic E-state index is 4.21. The molecule has 0 saturated carbocycles. The van der Waals surface area contributed by atoms with Crippen LogP contribution in [0.15, 0.2) is 35.5 Å². The summed E-state index contributed by atoms with van der Waals surface area (Å²) in [6.45, 7) is 7.22. The highest BCUT2D eigenvalue weighted by atomic mass is 79.9.